The first-order valence-electron chi connectivity index (χ1n) is 13.9. The molecule has 2 aliphatic heterocycles. The van der Waals surface area contributed by atoms with Gasteiger partial charge in [-0.15, -0.1) is 0 Å². The summed E-state index contributed by atoms with van der Waals surface area (Å²) in [6.07, 6.45) is 7.22. The van der Waals surface area contributed by atoms with Crippen molar-refractivity contribution in [2.75, 3.05) is 31.1 Å². The minimum atomic E-state index is -0.740. The average Bonchev–Trinajstić information content (AvgIpc) is 3.22. The monoisotopic (exact) mass is 560 g/mol. The van der Waals surface area contributed by atoms with Gasteiger partial charge in [0.1, 0.15) is 23.3 Å². The Morgan fingerprint density at radius 1 is 0.902 bits per heavy atom. The van der Waals surface area contributed by atoms with Crippen molar-refractivity contribution in [3.63, 3.8) is 0 Å². The van der Waals surface area contributed by atoms with Crippen molar-refractivity contribution in [2.45, 2.75) is 44.2 Å². The number of carbonyl (C=O) groups is 3. The predicted octanol–water partition coefficient (Wildman–Crippen LogP) is 2.82. The number of aromatic nitrogens is 2. The number of phenols is 1. The standard InChI is InChI=1S/C30H33FN6O4/c31-27-24(37-15-2-1-3-16-37)10-11-25(38)26(27)28(39)19-6-8-20(9-7-19)29(40)35-21-5-4-13-32-17-23(21)36-30(41)22-12-14-33-18-34-22/h6-12,14,18,21,23,32,38H,1-5,13,15-17H2,(H,35,40)(H,36,41)/t21-,23-/m1/s1. The lowest BCUT2D eigenvalue weighted by Crippen LogP contribution is -2.54. The van der Waals surface area contributed by atoms with Crippen molar-refractivity contribution in [3.8, 4) is 5.75 Å². The zero-order chi connectivity index (χ0) is 28.8. The molecule has 1 aromatic heterocycles. The number of aromatic hydroxyl groups is 1. The van der Waals surface area contributed by atoms with Crippen molar-refractivity contribution in [1.82, 2.24) is 25.9 Å². The van der Waals surface area contributed by atoms with Gasteiger partial charge in [0.05, 0.1) is 17.8 Å². The molecule has 0 radical (unpaired) electrons. The zero-order valence-electron chi connectivity index (χ0n) is 22.6. The van der Waals surface area contributed by atoms with Crippen LogP contribution in [0.5, 0.6) is 5.75 Å². The molecule has 2 fully saturated rings. The molecule has 0 unspecified atom stereocenters. The number of halogens is 1. The number of nitrogens with zero attached hydrogens (tertiary/aromatic N) is 3. The Labute approximate surface area is 237 Å². The van der Waals surface area contributed by atoms with E-state index in [1.165, 1.54) is 55.0 Å². The lowest BCUT2D eigenvalue weighted by atomic mass is 9.98. The van der Waals surface area contributed by atoms with Gasteiger partial charge in [0.15, 0.2) is 11.6 Å². The highest BCUT2D eigenvalue weighted by atomic mass is 19.1. The molecule has 0 saturated carbocycles. The normalized spacial score (nSPS) is 19.2. The summed E-state index contributed by atoms with van der Waals surface area (Å²) in [6.45, 7) is 2.62. The number of hydrogen-bond acceptors (Lipinski definition) is 8. The van der Waals surface area contributed by atoms with E-state index in [9.17, 15) is 19.5 Å². The van der Waals surface area contributed by atoms with Crippen LogP contribution < -0.4 is 20.9 Å². The number of carbonyl (C=O) groups excluding carboxylic acids is 3. The molecule has 0 spiro atoms. The second-order valence-corrected chi connectivity index (χ2v) is 10.3. The summed E-state index contributed by atoms with van der Waals surface area (Å²) in [5.41, 5.74) is 0.629. The highest BCUT2D eigenvalue weighted by molar-refractivity contribution is 6.11. The quantitative estimate of drug-likeness (QED) is 0.324. The number of anilines is 1. The lowest BCUT2D eigenvalue weighted by Gasteiger charge is -2.29. The van der Waals surface area contributed by atoms with Crippen LogP contribution in [0, 0.1) is 5.82 Å². The van der Waals surface area contributed by atoms with Crippen LogP contribution in [0.3, 0.4) is 0 Å². The molecule has 10 nitrogen and oxygen atoms in total. The van der Waals surface area contributed by atoms with Crippen molar-refractivity contribution in [3.05, 3.63) is 83.2 Å². The van der Waals surface area contributed by atoms with E-state index < -0.39 is 17.3 Å². The third-order valence-corrected chi connectivity index (χ3v) is 7.60. The van der Waals surface area contributed by atoms with E-state index in [-0.39, 0.29) is 40.7 Å². The Morgan fingerprint density at radius 3 is 2.37 bits per heavy atom. The number of rotatable bonds is 7. The molecule has 3 heterocycles. The van der Waals surface area contributed by atoms with Gasteiger partial charge in [0, 0.05) is 37.0 Å². The van der Waals surface area contributed by atoms with Crippen LogP contribution in [-0.2, 0) is 0 Å². The van der Waals surface area contributed by atoms with Crippen LogP contribution in [0.15, 0.2) is 55.0 Å². The summed E-state index contributed by atoms with van der Waals surface area (Å²) < 4.78 is 15.5. The molecular weight excluding hydrogens is 527 g/mol. The Balaban J connectivity index is 1.28. The Hall–Kier alpha value is -4.38. The van der Waals surface area contributed by atoms with Gasteiger partial charge in [-0.2, -0.15) is 0 Å². The predicted molar refractivity (Wildman–Crippen MR) is 151 cm³/mol. The van der Waals surface area contributed by atoms with Crippen LogP contribution in [0.25, 0.3) is 0 Å². The van der Waals surface area contributed by atoms with Gasteiger partial charge < -0.3 is 26.0 Å². The van der Waals surface area contributed by atoms with E-state index >= 15 is 4.39 Å². The Morgan fingerprint density at radius 2 is 1.63 bits per heavy atom. The number of phenolic OH excluding ortho intramolecular Hbond substituents is 1. The van der Waals surface area contributed by atoms with Crippen molar-refractivity contribution >= 4 is 23.3 Å². The summed E-state index contributed by atoms with van der Waals surface area (Å²) in [6, 6.07) is 9.56. The highest BCUT2D eigenvalue weighted by Gasteiger charge is 2.28. The number of amides is 2. The minimum Gasteiger partial charge on any atom is -0.507 e. The third kappa shape index (κ3) is 6.51. The molecule has 4 N–H and O–H groups in total. The number of nitrogens with one attached hydrogen (secondary N) is 3. The maximum Gasteiger partial charge on any atom is 0.270 e. The number of piperidine rings is 1. The largest absolute Gasteiger partial charge is 0.507 e. The molecule has 2 atom stereocenters. The van der Waals surface area contributed by atoms with Crippen LogP contribution in [0.1, 0.15) is 68.9 Å². The van der Waals surface area contributed by atoms with Crippen LogP contribution in [0.4, 0.5) is 10.1 Å². The second kappa shape index (κ2) is 12.9. The fourth-order valence-corrected chi connectivity index (χ4v) is 5.36. The van der Waals surface area contributed by atoms with E-state index in [1.54, 1.807) is 0 Å². The molecular formula is C30H33FN6O4. The van der Waals surface area contributed by atoms with Crippen molar-refractivity contribution in [2.24, 2.45) is 0 Å². The molecule has 11 heteroatoms. The first-order chi connectivity index (χ1) is 19.9. The molecule has 2 aliphatic rings. The fraction of sp³-hybridized carbons (Fsp3) is 0.367. The number of benzene rings is 2. The van der Waals surface area contributed by atoms with E-state index in [4.69, 9.17) is 0 Å². The first kappa shape index (κ1) is 28.2. The molecule has 214 valence electrons. The summed E-state index contributed by atoms with van der Waals surface area (Å²) in [5, 5.41) is 19.6. The molecule has 3 aromatic rings. The van der Waals surface area contributed by atoms with Gasteiger partial charge in [-0.1, -0.05) is 12.1 Å². The number of hydrogen-bond donors (Lipinski definition) is 4. The molecule has 0 aliphatic carbocycles. The Bertz CT molecular complexity index is 1400. The summed E-state index contributed by atoms with van der Waals surface area (Å²) in [7, 11) is 0. The van der Waals surface area contributed by atoms with Gasteiger partial charge in [-0.25, -0.2) is 14.4 Å². The summed E-state index contributed by atoms with van der Waals surface area (Å²) in [4.78, 5) is 48.8. The van der Waals surface area contributed by atoms with Gasteiger partial charge in [-0.05, 0) is 69.0 Å². The van der Waals surface area contributed by atoms with Crippen molar-refractivity contribution < 1.29 is 23.9 Å². The summed E-state index contributed by atoms with van der Waals surface area (Å²) >= 11 is 0. The smallest absolute Gasteiger partial charge is 0.270 e. The van der Waals surface area contributed by atoms with E-state index in [2.05, 4.69) is 25.9 Å². The van der Waals surface area contributed by atoms with Crippen LogP contribution in [-0.4, -0.2) is 70.9 Å². The Kier molecular flexibility index (Phi) is 8.83. The van der Waals surface area contributed by atoms with Crippen LogP contribution >= 0.6 is 0 Å². The molecule has 41 heavy (non-hydrogen) atoms. The van der Waals surface area contributed by atoms with Gasteiger partial charge in [0.25, 0.3) is 11.8 Å². The third-order valence-electron chi connectivity index (χ3n) is 7.60. The molecule has 2 amide bonds. The maximum absolute atomic E-state index is 15.5. The minimum absolute atomic E-state index is 0.153. The number of ketones is 1. The SMILES string of the molecule is O=C(N[C@@H]1CCCNC[C@H]1NC(=O)c1ccncn1)c1ccc(C(=O)c2c(O)ccc(N3CCCCC3)c2F)cc1. The van der Waals surface area contributed by atoms with Crippen LogP contribution in [0.2, 0.25) is 0 Å². The van der Waals surface area contributed by atoms with Gasteiger partial charge >= 0.3 is 0 Å². The molecule has 2 aromatic carbocycles. The van der Waals surface area contributed by atoms with E-state index in [0.717, 1.165) is 32.2 Å². The molecule has 5 rings (SSSR count). The van der Waals surface area contributed by atoms with Crippen molar-refractivity contribution in [1.29, 1.82) is 0 Å². The highest BCUT2D eigenvalue weighted by Crippen LogP contribution is 2.32. The second-order valence-electron chi connectivity index (χ2n) is 10.3. The fourth-order valence-electron chi connectivity index (χ4n) is 5.36. The zero-order valence-corrected chi connectivity index (χ0v) is 22.6. The average molecular weight is 561 g/mol. The molecule has 2 saturated heterocycles. The van der Waals surface area contributed by atoms with E-state index in [0.29, 0.717) is 37.3 Å². The lowest BCUT2D eigenvalue weighted by molar-refractivity contribution is 0.0880. The topological polar surface area (TPSA) is 137 Å². The summed E-state index contributed by atoms with van der Waals surface area (Å²) in [5.74, 6) is -2.54. The molecule has 0 bridgehead atoms. The van der Waals surface area contributed by atoms with Gasteiger partial charge in [-0.3, -0.25) is 14.4 Å². The first-order valence-corrected chi connectivity index (χ1v) is 13.9. The van der Waals surface area contributed by atoms with Gasteiger partial charge in [0.2, 0.25) is 0 Å². The maximum atomic E-state index is 15.5. The van der Waals surface area contributed by atoms with E-state index in [1.807, 2.05) is 4.90 Å².